The predicted octanol–water partition coefficient (Wildman–Crippen LogP) is 3.94. The highest BCUT2D eigenvalue weighted by atomic mass is 14.2. The lowest BCUT2D eigenvalue weighted by molar-refractivity contribution is 0.589. The summed E-state index contributed by atoms with van der Waals surface area (Å²) >= 11 is 0. The van der Waals surface area contributed by atoms with Crippen molar-refractivity contribution in [1.29, 1.82) is 0 Å². The third-order valence-electron chi connectivity index (χ3n) is 2.89. The second-order valence-electron chi connectivity index (χ2n) is 5.10. The van der Waals surface area contributed by atoms with Gasteiger partial charge in [0.05, 0.1) is 0 Å². The molecule has 0 aromatic heterocycles. The summed E-state index contributed by atoms with van der Waals surface area (Å²) in [5.74, 6) is 0. The number of aryl methyl sites for hydroxylation is 1. The third kappa shape index (κ3) is 1.75. The highest BCUT2D eigenvalue weighted by molar-refractivity contribution is 5.57. The molecule has 1 aliphatic carbocycles. The number of rotatable bonds is 0. The quantitative estimate of drug-likeness (QED) is 0.575. The molecule has 0 saturated heterocycles. The minimum atomic E-state index is 0.274. The Balaban J connectivity index is 2.45. The minimum Gasteiger partial charge on any atom is -0.0836 e. The summed E-state index contributed by atoms with van der Waals surface area (Å²) in [4.78, 5) is 0. The molecule has 14 heavy (non-hydrogen) atoms. The van der Waals surface area contributed by atoms with Gasteiger partial charge in [-0.05, 0) is 34.9 Å². The molecule has 0 unspecified atom stereocenters. The van der Waals surface area contributed by atoms with E-state index in [1.165, 1.54) is 29.5 Å². The first-order valence-corrected chi connectivity index (χ1v) is 5.37. The lowest BCUT2D eigenvalue weighted by Crippen LogP contribution is -2.12. The molecule has 74 valence electrons. The molecule has 0 atom stereocenters. The molecule has 0 spiro atoms. The summed E-state index contributed by atoms with van der Waals surface area (Å²) in [6.07, 6.45) is 6.90. The molecule has 1 aromatic carbocycles. The number of hydrogen-bond acceptors (Lipinski definition) is 0. The SMILES string of the molecule is CC(C)(C)c1ccc2c(c1)CCC=C2. The summed E-state index contributed by atoms with van der Waals surface area (Å²) in [5, 5.41) is 0. The molecule has 0 heteroatoms. The van der Waals surface area contributed by atoms with Crippen LogP contribution in [0, 0.1) is 0 Å². The van der Waals surface area contributed by atoms with Gasteiger partial charge in [0.1, 0.15) is 0 Å². The number of fused-ring (bicyclic) bond motifs is 1. The van der Waals surface area contributed by atoms with E-state index >= 15 is 0 Å². The lowest BCUT2D eigenvalue weighted by atomic mass is 9.84. The Bertz CT molecular complexity index is 364. The largest absolute Gasteiger partial charge is 0.0836 e. The van der Waals surface area contributed by atoms with Crippen LogP contribution in [0.25, 0.3) is 6.08 Å². The van der Waals surface area contributed by atoms with Crippen molar-refractivity contribution in [2.75, 3.05) is 0 Å². The van der Waals surface area contributed by atoms with E-state index in [0.29, 0.717) is 0 Å². The van der Waals surface area contributed by atoms with E-state index in [-0.39, 0.29) is 5.41 Å². The van der Waals surface area contributed by atoms with Crippen LogP contribution in [0.5, 0.6) is 0 Å². The van der Waals surface area contributed by atoms with Crippen LogP contribution in [0.2, 0.25) is 0 Å². The van der Waals surface area contributed by atoms with Gasteiger partial charge < -0.3 is 0 Å². The van der Waals surface area contributed by atoms with Gasteiger partial charge in [0.2, 0.25) is 0 Å². The first-order chi connectivity index (χ1) is 6.57. The van der Waals surface area contributed by atoms with Gasteiger partial charge in [-0.1, -0.05) is 51.1 Å². The maximum Gasteiger partial charge on any atom is -0.0132 e. The predicted molar refractivity (Wildman–Crippen MR) is 62.5 cm³/mol. The van der Waals surface area contributed by atoms with Crippen LogP contribution in [0.4, 0.5) is 0 Å². The van der Waals surface area contributed by atoms with Crippen molar-refractivity contribution in [3.8, 4) is 0 Å². The summed E-state index contributed by atoms with van der Waals surface area (Å²) in [7, 11) is 0. The molecule has 0 N–H and O–H groups in total. The fraction of sp³-hybridized carbons (Fsp3) is 0.429. The van der Waals surface area contributed by atoms with Crippen LogP contribution in [0.1, 0.15) is 43.9 Å². The van der Waals surface area contributed by atoms with Crippen LogP contribution in [0.15, 0.2) is 24.3 Å². The van der Waals surface area contributed by atoms with Crippen molar-refractivity contribution >= 4 is 6.08 Å². The van der Waals surface area contributed by atoms with Crippen molar-refractivity contribution in [2.45, 2.75) is 39.0 Å². The zero-order valence-electron chi connectivity index (χ0n) is 9.30. The molecule has 0 aliphatic heterocycles. The molecule has 0 bridgehead atoms. The molecular formula is C14H18. The molecule has 2 rings (SSSR count). The Hall–Kier alpha value is -1.04. The van der Waals surface area contributed by atoms with Gasteiger partial charge in [-0.25, -0.2) is 0 Å². The van der Waals surface area contributed by atoms with E-state index < -0.39 is 0 Å². The molecule has 0 saturated carbocycles. The molecule has 0 radical (unpaired) electrons. The van der Waals surface area contributed by atoms with Crippen LogP contribution in [-0.4, -0.2) is 0 Å². The van der Waals surface area contributed by atoms with Gasteiger partial charge in [0.15, 0.2) is 0 Å². The molecule has 0 fully saturated rings. The standard InChI is InChI=1S/C14H18/c1-14(2,3)13-9-8-11-6-4-5-7-12(11)10-13/h4,6,8-10H,5,7H2,1-3H3. The van der Waals surface area contributed by atoms with Gasteiger partial charge in [-0.3, -0.25) is 0 Å². The highest BCUT2D eigenvalue weighted by Crippen LogP contribution is 2.27. The highest BCUT2D eigenvalue weighted by Gasteiger charge is 2.15. The maximum atomic E-state index is 2.37. The van der Waals surface area contributed by atoms with Crippen LogP contribution < -0.4 is 0 Å². The summed E-state index contributed by atoms with van der Waals surface area (Å²) < 4.78 is 0. The second-order valence-corrected chi connectivity index (χ2v) is 5.10. The lowest BCUT2D eigenvalue weighted by Gasteiger charge is -2.21. The van der Waals surface area contributed by atoms with Gasteiger partial charge in [0.25, 0.3) is 0 Å². The van der Waals surface area contributed by atoms with Gasteiger partial charge in [-0.15, -0.1) is 0 Å². The Morgan fingerprint density at radius 2 is 1.93 bits per heavy atom. The van der Waals surface area contributed by atoms with E-state index in [2.05, 4.69) is 51.1 Å². The fourth-order valence-corrected chi connectivity index (χ4v) is 1.90. The molecule has 1 aromatic rings. The topological polar surface area (TPSA) is 0 Å². The van der Waals surface area contributed by atoms with Gasteiger partial charge in [0, 0.05) is 0 Å². The Morgan fingerprint density at radius 3 is 2.64 bits per heavy atom. The van der Waals surface area contributed by atoms with Crippen molar-refractivity contribution in [3.05, 3.63) is 41.0 Å². The first-order valence-electron chi connectivity index (χ1n) is 5.37. The van der Waals surface area contributed by atoms with Crippen molar-refractivity contribution in [2.24, 2.45) is 0 Å². The van der Waals surface area contributed by atoms with E-state index in [1.807, 2.05) is 0 Å². The average molecular weight is 186 g/mol. The number of hydrogen-bond donors (Lipinski definition) is 0. The Labute approximate surface area is 86.7 Å². The number of benzene rings is 1. The fourth-order valence-electron chi connectivity index (χ4n) is 1.90. The summed E-state index contributed by atoms with van der Waals surface area (Å²) in [5.41, 5.74) is 4.65. The van der Waals surface area contributed by atoms with E-state index in [4.69, 9.17) is 0 Å². The van der Waals surface area contributed by atoms with Crippen molar-refractivity contribution in [1.82, 2.24) is 0 Å². The zero-order valence-corrected chi connectivity index (χ0v) is 9.30. The average Bonchev–Trinajstić information content (AvgIpc) is 2.16. The molecule has 0 nitrogen and oxygen atoms in total. The first kappa shape index (κ1) is 9.51. The Kier molecular flexibility index (Phi) is 2.22. The maximum absolute atomic E-state index is 2.37. The van der Waals surface area contributed by atoms with E-state index in [0.717, 1.165) is 0 Å². The smallest absolute Gasteiger partial charge is 0.0132 e. The zero-order chi connectivity index (χ0) is 10.2. The van der Waals surface area contributed by atoms with Crippen molar-refractivity contribution in [3.63, 3.8) is 0 Å². The Morgan fingerprint density at radius 1 is 1.14 bits per heavy atom. The number of allylic oxidation sites excluding steroid dienone is 1. The monoisotopic (exact) mass is 186 g/mol. The van der Waals surface area contributed by atoms with E-state index in [1.54, 1.807) is 0 Å². The molecule has 1 aliphatic rings. The third-order valence-corrected chi connectivity index (χ3v) is 2.89. The molecule has 0 heterocycles. The van der Waals surface area contributed by atoms with Crippen LogP contribution in [0.3, 0.4) is 0 Å². The molecule has 0 amide bonds. The van der Waals surface area contributed by atoms with Crippen LogP contribution in [-0.2, 0) is 11.8 Å². The van der Waals surface area contributed by atoms with Crippen molar-refractivity contribution < 1.29 is 0 Å². The minimum absolute atomic E-state index is 0.274. The van der Waals surface area contributed by atoms with Gasteiger partial charge in [-0.2, -0.15) is 0 Å². The normalized spacial score (nSPS) is 15.4. The van der Waals surface area contributed by atoms with E-state index in [9.17, 15) is 0 Å². The van der Waals surface area contributed by atoms with Gasteiger partial charge >= 0.3 is 0 Å². The summed E-state index contributed by atoms with van der Waals surface area (Å²) in [6, 6.07) is 6.89. The second kappa shape index (κ2) is 3.27. The summed E-state index contributed by atoms with van der Waals surface area (Å²) in [6.45, 7) is 6.81. The van der Waals surface area contributed by atoms with Crippen LogP contribution >= 0.6 is 0 Å². The molecular weight excluding hydrogens is 168 g/mol.